The first-order chi connectivity index (χ1) is 12.2. The molecule has 0 bridgehead atoms. The van der Waals surface area contributed by atoms with Gasteiger partial charge in [-0.2, -0.15) is 13.2 Å². The topological polar surface area (TPSA) is 72.9 Å². The monoisotopic (exact) mass is 386 g/mol. The van der Waals surface area contributed by atoms with Gasteiger partial charge in [0.25, 0.3) is 5.56 Å². The van der Waals surface area contributed by atoms with E-state index in [0.717, 1.165) is 12.1 Å². The Morgan fingerprint density at radius 3 is 2.42 bits per heavy atom. The van der Waals surface area contributed by atoms with Crippen LogP contribution >= 0.6 is 11.6 Å². The van der Waals surface area contributed by atoms with E-state index in [1.54, 1.807) is 0 Å². The fourth-order valence-corrected chi connectivity index (χ4v) is 2.57. The van der Waals surface area contributed by atoms with Crippen molar-refractivity contribution in [1.82, 2.24) is 9.66 Å². The second-order valence-corrected chi connectivity index (χ2v) is 5.79. The molecule has 10 heteroatoms. The Kier molecular flexibility index (Phi) is 4.59. The summed E-state index contributed by atoms with van der Waals surface area (Å²) in [5.41, 5.74) is 7.03. The molecule has 1 unspecified atom stereocenters. The van der Waals surface area contributed by atoms with Crippen LogP contribution in [0.2, 0.25) is 5.02 Å². The molecule has 2 aromatic carbocycles. The zero-order valence-corrected chi connectivity index (χ0v) is 13.6. The second kappa shape index (κ2) is 6.58. The van der Waals surface area contributed by atoms with Crippen molar-refractivity contribution in [3.05, 3.63) is 69.5 Å². The summed E-state index contributed by atoms with van der Waals surface area (Å²) in [7, 11) is 0. The molecular weight excluding hydrogens is 376 g/mol. The van der Waals surface area contributed by atoms with Gasteiger partial charge in [0.1, 0.15) is 5.82 Å². The average molecular weight is 387 g/mol. The summed E-state index contributed by atoms with van der Waals surface area (Å²) >= 11 is 6.00. The molecule has 0 aliphatic carbocycles. The fourth-order valence-electron chi connectivity index (χ4n) is 2.32. The SMILES string of the molecule is NC(c1nc2cccc(Cl)c2c(=O)n1Nc1ccc(F)cc1)C(F)(F)F. The lowest BCUT2D eigenvalue weighted by Crippen LogP contribution is -2.39. The van der Waals surface area contributed by atoms with E-state index < -0.39 is 29.4 Å². The third-order valence-electron chi connectivity index (χ3n) is 3.59. The maximum atomic E-state index is 13.1. The maximum absolute atomic E-state index is 13.1. The molecule has 0 radical (unpaired) electrons. The first-order valence-electron chi connectivity index (χ1n) is 7.24. The minimum atomic E-state index is -4.84. The van der Waals surface area contributed by atoms with Crippen LogP contribution < -0.4 is 16.7 Å². The zero-order valence-electron chi connectivity index (χ0n) is 12.9. The minimum Gasteiger partial charge on any atom is -0.314 e. The summed E-state index contributed by atoms with van der Waals surface area (Å²) in [5, 5.41) is -0.0383. The number of nitrogens with one attached hydrogen (secondary N) is 1. The molecule has 3 aromatic rings. The van der Waals surface area contributed by atoms with Gasteiger partial charge in [0.2, 0.25) is 0 Å². The highest BCUT2D eigenvalue weighted by atomic mass is 35.5. The molecule has 136 valence electrons. The van der Waals surface area contributed by atoms with E-state index in [1.165, 1.54) is 30.3 Å². The fraction of sp³-hybridized carbons (Fsp3) is 0.125. The van der Waals surface area contributed by atoms with Gasteiger partial charge in [-0.25, -0.2) is 14.1 Å². The highest BCUT2D eigenvalue weighted by molar-refractivity contribution is 6.35. The van der Waals surface area contributed by atoms with Crippen molar-refractivity contribution in [3.63, 3.8) is 0 Å². The number of hydrogen-bond donors (Lipinski definition) is 2. The van der Waals surface area contributed by atoms with Crippen LogP contribution in [0.4, 0.5) is 23.2 Å². The minimum absolute atomic E-state index is 0.0191. The predicted octanol–water partition coefficient (Wildman–Crippen LogP) is 3.63. The van der Waals surface area contributed by atoms with Crippen molar-refractivity contribution in [3.8, 4) is 0 Å². The number of nitrogens with two attached hydrogens (primary N) is 1. The van der Waals surface area contributed by atoms with E-state index in [-0.39, 0.29) is 21.6 Å². The number of hydrogen-bond acceptors (Lipinski definition) is 4. The predicted molar refractivity (Wildman–Crippen MR) is 89.4 cm³/mol. The van der Waals surface area contributed by atoms with Crippen LogP contribution in [-0.4, -0.2) is 15.8 Å². The van der Waals surface area contributed by atoms with Gasteiger partial charge in [-0.15, -0.1) is 0 Å². The van der Waals surface area contributed by atoms with E-state index >= 15 is 0 Å². The van der Waals surface area contributed by atoms with Crippen LogP contribution in [0.5, 0.6) is 0 Å². The lowest BCUT2D eigenvalue weighted by molar-refractivity contribution is -0.151. The molecule has 0 saturated heterocycles. The number of anilines is 1. The van der Waals surface area contributed by atoms with Gasteiger partial charge in [-0.3, -0.25) is 10.2 Å². The lowest BCUT2D eigenvalue weighted by Gasteiger charge is -2.21. The summed E-state index contributed by atoms with van der Waals surface area (Å²) in [6.45, 7) is 0. The molecule has 0 aliphatic rings. The van der Waals surface area contributed by atoms with Gasteiger partial charge in [0, 0.05) is 0 Å². The van der Waals surface area contributed by atoms with E-state index in [1.807, 2.05) is 0 Å². The second-order valence-electron chi connectivity index (χ2n) is 5.38. The molecular formula is C16H11ClF4N4O. The average Bonchev–Trinajstić information content (AvgIpc) is 2.57. The molecule has 26 heavy (non-hydrogen) atoms. The van der Waals surface area contributed by atoms with Crippen molar-refractivity contribution < 1.29 is 17.6 Å². The number of halogens is 5. The van der Waals surface area contributed by atoms with Gasteiger partial charge in [0.05, 0.1) is 21.6 Å². The largest absolute Gasteiger partial charge is 0.410 e. The molecule has 0 fully saturated rings. The Morgan fingerprint density at radius 2 is 1.81 bits per heavy atom. The van der Waals surface area contributed by atoms with Gasteiger partial charge in [0.15, 0.2) is 11.9 Å². The Morgan fingerprint density at radius 1 is 1.15 bits per heavy atom. The van der Waals surface area contributed by atoms with Crippen LogP contribution in [0, 0.1) is 5.82 Å². The standard InChI is InChI=1S/C16H11ClF4N4O/c17-10-2-1-3-11-12(10)15(26)25(14(23-11)13(22)16(19,20)21)24-9-6-4-8(18)5-7-9/h1-7,13,24H,22H2. The van der Waals surface area contributed by atoms with E-state index in [4.69, 9.17) is 17.3 Å². The molecule has 3 N–H and O–H groups in total. The Balaban J connectivity index is 2.26. The number of nitrogens with zero attached hydrogens (tertiary/aromatic N) is 2. The number of fused-ring (bicyclic) bond motifs is 1. The lowest BCUT2D eigenvalue weighted by atomic mass is 10.2. The molecule has 5 nitrogen and oxygen atoms in total. The molecule has 3 rings (SSSR count). The summed E-state index contributed by atoms with van der Waals surface area (Å²) in [6, 6.07) is 6.37. The summed E-state index contributed by atoms with van der Waals surface area (Å²) < 4.78 is 53.0. The number of rotatable bonds is 3. The Hall–Kier alpha value is -2.65. The van der Waals surface area contributed by atoms with Gasteiger partial charge >= 0.3 is 6.18 Å². The molecule has 1 atom stereocenters. The Labute approximate surface area is 149 Å². The molecule has 1 heterocycles. The Bertz CT molecular complexity index is 1020. The third-order valence-corrected chi connectivity index (χ3v) is 3.90. The summed E-state index contributed by atoms with van der Waals surface area (Å²) in [4.78, 5) is 16.6. The molecule has 1 aromatic heterocycles. The first kappa shape index (κ1) is 18.2. The normalized spacial score (nSPS) is 13.0. The number of aromatic nitrogens is 2. The first-order valence-corrected chi connectivity index (χ1v) is 7.62. The van der Waals surface area contributed by atoms with Crippen molar-refractivity contribution in [2.45, 2.75) is 12.2 Å². The van der Waals surface area contributed by atoms with Gasteiger partial charge in [-0.05, 0) is 36.4 Å². The highest BCUT2D eigenvalue weighted by Gasteiger charge is 2.41. The number of benzene rings is 2. The maximum Gasteiger partial charge on any atom is 0.410 e. The van der Waals surface area contributed by atoms with Crippen molar-refractivity contribution in [1.29, 1.82) is 0 Å². The number of alkyl halides is 3. The zero-order chi connectivity index (χ0) is 19.1. The smallest absolute Gasteiger partial charge is 0.314 e. The highest BCUT2D eigenvalue weighted by Crippen LogP contribution is 2.30. The van der Waals surface area contributed by atoms with Crippen molar-refractivity contribution in [2.75, 3.05) is 5.43 Å². The van der Waals surface area contributed by atoms with Crippen LogP contribution in [0.15, 0.2) is 47.3 Å². The summed E-state index contributed by atoms with van der Waals surface area (Å²) in [6.07, 6.45) is -4.84. The van der Waals surface area contributed by atoms with Gasteiger partial charge in [-0.1, -0.05) is 17.7 Å². The van der Waals surface area contributed by atoms with Gasteiger partial charge < -0.3 is 5.73 Å². The van der Waals surface area contributed by atoms with E-state index in [2.05, 4.69) is 10.4 Å². The summed E-state index contributed by atoms with van der Waals surface area (Å²) in [5.74, 6) is -1.30. The molecule has 0 amide bonds. The van der Waals surface area contributed by atoms with Crippen LogP contribution in [0.25, 0.3) is 10.9 Å². The van der Waals surface area contributed by atoms with Crippen molar-refractivity contribution in [2.24, 2.45) is 5.73 Å². The van der Waals surface area contributed by atoms with Crippen molar-refractivity contribution >= 4 is 28.2 Å². The van der Waals surface area contributed by atoms with E-state index in [0.29, 0.717) is 4.68 Å². The molecule has 0 saturated carbocycles. The molecule has 0 aliphatic heterocycles. The third kappa shape index (κ3) is 3.35. The van der Waals surface area contributed by atoms with Crippen LogP contribution in [0.1, 0.15) is 11.9 Å². The van der Waals surface area contributed by atoms with Crippen LogP contribution in [-0.2, 0) is 0 Å². The quantitative estimate of drug-likeness (QED) is 0.674. The van der Waals surface area contributed by atoms with Crippen LogP contribution in [0.3, 0.4) is 0 Å². The van der Waals surface area contributed by atoms with E-state index in [9.17, 15) is 22.4 Å². The molecule has 0 spiro atoms.